The Hall–Kier alpha value is -2.33. The van der Waals surface area contributed by atoms with Gasteiger partial charge in [-0.3, -0.25) is 4.68 Å². The van der Waals surface area contributed by atoms with Gasteiger partial charge in [0.05, 0.1) is 24.8 Å². The molecule has 0 bridgehead atoms. The van der Waals surface area contributed by atoms with Crippen molar-refractivity contribution in [3.8, 4) is 11.8 Å². The molecule has 0 atom stereocenters. The minimum absolute atomic E-state index is 0.0605. The van der Waals surface area contributed by atoms with Crippen molar-refractivity contribution in [1.29, 1.82) is 0 Å². The van der Waals surface area contributed by atoms with E-state index < -0.39 is 17.6 Å². The van der Waals surface area contributed by atoms with E-state index in [1.807, 2.05) is 0 Å². The highest BCUT2D eigenvalue weighted by Gasteiger charge is 2.32. The zero-order valence-electron chi connectivity index (χ0n) is 10.8. The van der Waals surface area contributed by atoms with Crippen LogP contribution in [0.1, 0.15) is 16.7 Å². The number of hydrogen-bond acceptors (Lipinski definition) is 2. The first-order valence-electron chi connectivity index (χ1n) is 5.97. The number of hydrogen-bond donors (Lipinski definition) is 1. The third-order valence-electron chi connectivity index (χ3n) is 2.69. The van der Waals surface area contributed by atoms with Crippen LogP contribution in [0.3, 0.4) is 0 Å². The SMILES string of the molecule is NCC#Cc1cc(F)ccc1Cn1cc(C(F)(F)F)cn1. The van der Waals surface area contributed by atoms with Gasteiger partial charge in [0.2, 0.25) is 0 Å². The summed E-state index contributed by atoms with van der Waals surface area (Å²) in [5.74, 6) is 4.81. The average Bonchev–Trinajstić information content (AvgIpc) is 2.87. The van der Waals surface area contributed by atoms with Crippen molar-refractivity contribution in [3.05, 3.63) is 53.1 Å². The molecular weight excluding hydrogens is 286 g/mol. The molecule has 0 aliphatic heterocycles. The van der Waals surface area contributed by atoms with Gasteiger partial charge in [-0.25, -0.2) is 4.39 Å². The molecule has 21 heavy (non-hydrogen) atoms. The lowest BCUT2D eigenvalue weighted by Gasteiger charge is -2.06. The molecule has 0 amide bonds. The third kappa shape index (κ3) is 3.83. The third-order valence-corrected chi connectivity index (χ3v) is 2.69. The minimum atomic E-state index is -4.44. The van der Waals surface area contributed by atoms with E-state index in [-0.39, 0.29) is 13.1 Å². The summed E-state index contributed by atoms with van der Waals surface area (Å²) < 4.78 is 51.8. The van der Waals surface area contributed by atoms with Crippen molar-refractivity contribution in [2.75, 3.05) is 6.54 Å². The number of benzene rings is 1. The standard InChI is InChI=1S/C14H11F4N3/c15-13-4-3-11(10(6-13)2-1-5-19)8-21-9-12(7-20-21)14(16,17)18/h3-4,6-7,9H,5,8,19H2. The van der Waals surface area contributed by atoms with E-state index >= 15 is 0 Å². The fourth-order valence-corrected chi connectivity index (χ4v) is 1.72. The maximum absolute atomic E-state index is 13.2. The molecule has 1 heterocycles. The Balaban J connectivity index is 2.29. The summed E-state index contributed by atoms with van der Waals surface area (Å²) >= 11 is 0. The van der Waals surface area contributed by atoms with Gasteiger partial charge in [-0.2, -0.15) is 18.3 Å². The van der Waals surface area contributed by atoms with Gasteiger partial charge in [-0.15, -0.1) is 0 Å². The van der Waals surface area contributed by atoms with Crippen LogP contribution >= 0.6 is 0 Å². The molecule has 7 heteroatoms. The average molecular weight is 297 g/mol. The lowest BCUT2D eigenvalue weighted by molar-refractivity contribution is -0.137. The van der Waals surface area contributed by atoms with Crippen molar-refractivity contribution in [3.63, 3.8) is 0 Å². The molecule has 2 rings (SSSR count). The molecule has 0 saturated heterocycles. The number of alkyl halides is 3. The molecule has 3 nitrogen and oxygen atoms in total. The van der Waals surface area contributed by atoms with E-state index in [0.717, 1.165) is 17.1 Å². The Morgan fingerprint density at radius 3 is 2.67 bits per heavy atom. The summed E-state index contributed by atoms with van der Waals surface area (Å²) in [6, 6.07) is 3.90. The van der Waals surface area contributed by atoms with Crippen molar-refractivity contribution in [2.45, 2.75) is 12.7 Å². The summed E-state index contributed by atoms with van der Waals surface area (Å²) in [6.45, 7) is 0.168. The predicted molar refractivity (Wildman–Crippen MR) is 68.7 cm³/mol. The lowest BCUT2D eigenvalue weighted by atomic mass is 10.1. The highest BCUT2D eigenvalue weighted by Crippen LogP contribution is 2.28. The Kier molecular flexibility index (Phi) is 4.29. The van der Waals surface area contributed by atoms with Crippen LogP contribution in [0.2, 0.25) is 0 Å². The Labute approximate surface area is 118 Å². The maximum Gasteiger partial charge on any atom is 0.419 e. The van der Waals surface area contributed by atoms with Crippen molar-refractivity contribution in [2.24, 2.45) is 5.73 Å². The largest absolute Gasteiger partial charge is 0.419 e. The Bertz CT molecular complexity index is 692. The van der Waals surface area contributed by atoms with Crippen LogP contribution in [0, 0.1) is 17.7 Å². The van der Waals surface area contributed by atoms with E-state index in [9.17, 15) is 17.6 Å². The van der Waals surface area contributed by atoms with Gasteiger partial charge in [0.15, 0.2) is 0 Å². The first-order valence-corrected chi connectivity index (χ1v) is 5.97. The van der Waals surface area contributed by atoms with Crippen LogP contribution in [0.5, 0.6) is 0 Å². The van der Waals surface area contributed by atoms with Gasteiger partial charge in [-0.1, -0.05) is 17.9 Å². The summed E-state index contributed by atoms with van der Waals surface area (Å²) in [5, 5.41) is 3.65. The second kappa shape index (κ2) is 5.97. The maximum atomic E-state index is 13.2. The van der Waals surface area contributed by atoms with Gasteiger partial charge in [0.25, 0.3) is 0 Å². The molecular formula is C14H11F4N3. The van der Waals surface area contributed by atoms with Crippen molar-refractivity contribution >= 4 is 0 Å². The lowest BCUT2D eigenvalue weighted by Crippen LogP contribution is -2.05. The number of aromatic nitrogens is 2. The molecule has 2 aromatic rings. The van der Waals surface area contributed by atoms with Crippen LogP contribution in [-0.4, -0.2) is 16.3 Å². The number of nitrogens with zero attached hydrogens (tertiary/aromatic N) is 2. The van der Waals surface area contributed by atoms with E-state index in [4.69, 9.17) is 5.73 Å². The zero-order chi connectivity index (χ0) is 15.5. The smallest absolute Gasteiger partial charge is 0.320 e. The fraction of sp³-hybridized carbons (Fsp3) is 0.214. The molecule has 0 radical (unpaired) electrons. The quantitative estimate of drug-likeness (QED) is 0.683. The van der Waals surface area contributed by atoms with E-state index in [0.29, 0.717) is 11.1 Å². The van der Waals surface area contributed by atoms with Gasteiger partial charge < -0.3 is 5.73 Å². The van der Waals surface area contributed by atoms with Gasteiger partial charge in [0.1, 0.15) is 5.82 Å². The molecule has 0 aliphatic rings. The molecule has 110 valence electrons. The normalized spacial score (nSPS) is 11.1. The summed E-state index contributed by atoms with van der Waals surface area (Å²) in [5.41, 5.74) is 5.37. The van der Waals surface area contributed by atoms with Crippen LogP contribution in [0.25, 0.3) is 0 Å². The monoisotopic (exact) mass is 297 g/mol. The second-order valence-electron chi connectivity index (χ2n) is 4.23. The Morgan fingerprint density at radius 1 is 1.29 bits per heavy atom. The molecule has 2 N–H and O–H groups in total. The van der Waals surface area contributed by atoms with Crippen LogP contribution in [0.4, 0.5) is 17.6 Å². The highest BCUT2D eigenvalue weighted by molar-refractivity contribution is 5.42. The number of nitrogens with two attached hydrogens (primary N) is 1. The minimum Gasteiger partial charge on any atom is -0.320 e. The van der Waals surface area contributed by atoms with Gasteiger partial charge in [0, 0.05) is 11.8 Å². The highest BCUT2D eigenvalue weighted by atomic mass is 19.4. The summed E-state index contributed by atoms with van der Waals surface area (Å²) in [7, 11) is 0. The van der Waals surface area contributed by atoms with Crippen molar-refractivity contribution in [1.82, 2.24) is 9.78 Å². The fourth-order valence-electron chi connectivity index (χ4n) is 1.72. The summed E-state index contributed by atoms with van der Waals surface area (Å²) in [6.07, 6.45) is -2.80. The van der Waals surface area contributed by atoms with Crippen LogP contribution < -0.4 is 5.73 Å². The molecule has 0 saturated carbocycles. The van der Waals surface area contributed by atoms with Crippen LogP contribution in [0.15, 0.2) is 30.6 Å². The molecule has 0 aliphatic carbocycles. The van der Waals surface area contributed by atoms with E-state index in [2.05, 4.69) is 16.9 Å². The van der Waals surface area contributed by atoms with E-state index in [1.165, 1.54) is 18.2 Å². The number of halogens is 4. The zero-order valence-corrected chi connectivity index (χ0v) is 10.8. The molecule has 0 spiro atoms. The first-order chi connectivity index (χ1) is 9.90. The molecule has 0 unspecified atom stereocenters. The Morgan fingerprint density at radius 2 is 2.05 bits per heavy atom. The van der Waals surface area contributed by atoms with Gasteiger partial charge in [-0.05, 0) is 17.7 Å². The molecule has 1 aromatic heterocycles. The number of rotatable bonds is 2. The van der Waals surface area contributed by atoms with Gasteiger partial charge >= 0.3 is 6.18 Å². The first kappa shape index (κ1) is 15.1. The molecule has 0 fully saturated rings. The van der Waals surface area contributed by atoms with Crippen molar-refractivity contribution < 1.29 is 17.6 Å². The molecule has 1 aromatic carbocycles. The second-order valence-corrected chi connectivity index (χ2v) is 4.23. The predicted octanol–water partition coefficient (Wildman–Crippen LogP) is 2.40. The van der Waals surface area contributed by atoms with Crippen LogP contribution in [-0.2, 0) is 12.7 Å². The topological polar surface area (TPSA) is 43.8 Å². The summed E-state index contributed by atoms with van der Waals surface area (Å²) in [4.78, 5) is 0. The van der Waals surface area contributed by atoms with E-state index in [1.54, 1.807) is 0 Å².